The lowest BCUT2D eigenvalue weighted by atomic mass is 9.94. The molecule has 2 atom stereocenters. The van der Waals surface area contributed by atoms with E-state index in [1.54, 1.807) is 18.9 Å². The maximum atomic E-state index is 13.5. The molecule has 1 fully saturated rings. The minimum atomic E-state index is -0.597. The van der Waals surface area contributed by atoms with Crippen LogP contribution in [0, 0.1) is 0 Å². The minimum absolute atomic E-state index is 0.0682. The lowest BCUT2D eigenvalue weighted by molar-refractivity contribution is -0.137. The van der Waals surface area contributed by atoms with E-state index in [-0.39, 0.29) is 11.2 Å². The molecule has 4 rings (SSSR count). The molecule has 1 saturated heterocycles. The summed E-state index contributed by atoms with van der Waals surface area (Å²) < 4.78 is 11.3. The number of hydrogen-bond donors (Lipinski definition) is 0. The summed E-state index contributed by atoms with van der Waals surface area (Å²) in [6.07, 6.45) is 0.578. The fraction of sp³-hybridized carbons (Fsp3) is 0.261. The first-order valence-electron chi connectivity index (χ1n) is 9.68. The first-order chi connectivity index (χ1) is 14.9. The summed E-state index contributed by atoms with van der Waals surface area (Å²) in [6, 6.07) is 14.7. The quantitative estimate of drug-likeness (QED) is 0.565. The van der Waals surface area contributed by atoms with Gasteiger partial charge in [-0.3, -0.25) is 9.69 Å². The smallest absolute Gasteiger partial charge is 0.338 e. The zero-order chi connectivity index (χ0) is 22.1. The number of hydrogen-bond acceptors (Lipinski definition) is 6. The van der Waals surface area contributed by atoms with E-state index in [2.05, 4.69) is 20.9 Å². The molecular weight excluding hydrogens is 480 g/mol. The minimum Gasteiger partial charge on any atom is -0.497 e. The van der Waals surface area contributed by atoms with Crippen molar-refractivity contribution in [3.05, 3.63) is 75.4 Å². The molecule has 31 heavy (non-hydrogen) atoms. The second kappa shape index (κ2) is 8.88. The van der Waals surface area contributed by atoms with Crippen LogP contribution in [0.5, 0.6) is 5.75 Å². The third kappa shape index (κ3) is 4.14. The van der Waals surface area contributed by atoms with Crippen molar-refractivity contribution in [3.63, 3.8) is 0 Å². The Morgan fingerprint density at radius 2 is 1.81 bits per heavy atom. The second-order valence-electron chi connectivity index (χ2n) is 7.21. The number of fused-ring (bicyclic) bond motifs is 1. The van der Waals surface area contributed by atoms with Gasteiger partial charge in [-0.15, -0.1) is 0 Å². The van der Waals surface area contributed by atoms with E-state index < -0.39 is 12.0 Å². The van der Waals surface area contributed by atoms with Gasteiger partial charge in [0.15, 0.2) is 5.17 Å². The lowest BCUT2D eigenvalue weighted by Crippen LogP contribution is -2.41. The van der Waals surface area contributed by atoms with Crippen LogP contribution in [0.3, 0.4) is 0 Å². The Kier molecular flexibility index (Phi) is 6.20. The number of aliphatic imine (C=N–C) groups is 1. The molecule has 160 valence electrons. The number of carbonyl (C=O) groups excluding carboxylic acids is 2. The van der Waals surface area contributed by atoms with Gasteiger partial charge >= 0.3 is 5.97 Å². The molecule has 0 bridgehead atoms. The lowest BCUT2D eigenvalue weighted by Gasteiger charge is -2.32. The summed E-state index contributed by atoms with van der Waals surface area (Å²) in [4.78, 5) is 32.4. The zero-order valence-electron chi connectivity index (χ0n) is 17.3. The number of nitrogens with zero attached hydrogens (tertiary/aromatic N) is 2. The fourth-order valence-electron chi connectivity index (χ4n) is 3.77. The molecule has 0 saturated carbocycles. The van der Waals surface area contributed by atoms with E-state index in [1.165, 1.54) is 18.9 Å². The number of ether oxygens (including phenoxy) is 2. The van der Waals surface area contributed by atoms with Gasteiger partial charge in [-0.05, 0) is 48.7 Å². The molecule has 2 aromatic carbocycles. The van der Waals surface area contributed by atoms with Gasteiger partial charge in [0, 0.05) is 4.47 Å². The van der Waals surface area contributed by atoms with E-state index in [4.69, 9.17) is 9.47 Å². The second-order valence-corrected chi connectivity index (χ2v) is 9.29. The average Bonchev–Trinajstić information content (AvgIpc) is 3.08. The standard InChI is InChI=1S/C23H21BrN2O4S/c1-13-19(22(28)30-3)20(15-6-10-17(29-2)11-7-15)26-21(27)18(31-23(26)25-13)12-14-4-8-16(24)9-5-14/h4-11,18,20H,12H2,1-3H3/t18-,20+/m1/s1. The molecule has 0 aliphatic carbocycles. The molecule has 2 aliphatic rings. The van der Waals surface area contributed by atoms with Crippen LogP contribution in [0.2, 0.25) is 0 Å². The molecule has 6 nitrogen and oxygen atoms in total. The first kappa shape index (κ1) is 21.6. The Morgan fingerprint density at radius 3 is 2.42 bits per heavy atom. The molecule has 0 unspecified atom stereocenters. The van der Waals surface area contributed by atoms with E-state index in [1.807, 2.05) is 48.5 Å². The summed E-state index contributed by atoms with van der Waals surface area (Å²) in [6.45, 7) is 1.78. The first-order valence-corrected chi connectivity index (χ1v) is 11.4. The molecule has 1 amide bonds. The monoisotopic (exact) mass is 500 g/mol. The Morgan fingerprint density at radius 1 is 1.13 bits per heavy atom. The van der Waals surface area contributed by atoms with Crippen molar-refractivity contribution in [2.75, 3.05) is 14.2 Å². The van der Waals surface area contributed by atoms with Crippen LogP contribution in [0.15, 0.2) is 69.3 Å². The summed E-state index contributed by atoms with van der Waals surface area (Å²) in [5.41, 5.74) is 2.79. The van der Waals surface area contributed by atoms with Gasteiger partial charge in [0.05, 0.1) is 36.8 Å². The predicted octanol–water partition coefficient (Wildman–Crippen LogP) is 4.50. The SMILES string of the molecule is COC(=O)C1=C(C)N=C2S[C@H](Cc3ccc(Br)cc3)C(=O)N2[C@H]1c1ccc(OC)cc1. The Labute approximate surface area is 193 Å². The number of allylic oxidation sites excluding steroid dienone is 1. The van der Waals surface area contributed by atoms with Crippen LogP contribution < -0.4 is 4.74 Å². The summed E-state index contributed by atoms with van der Waals surface area (Å²) in [5.74, 6) is 0.140. The van der Waals surface area contributed by atoms with Crippen molar-refractivity contribution < 1.29 is 19.1 Å². The van der Waals surface area contributed by atoms with Gasteiger partial charge in [-0.2, -0.15) is 0 Å². The van der Waals surface area contributed by atoms with Gasteiger partial charge in [-0.1, -0.05) is 52.0 Å². The highest BCUT2D eigenvalue weighted by Gasteiger charge is 2.47. The number of halogens is 1. The van der Waals surface area contributed by atoms with Crippen LogP contribution in [-0.2, 0) is 20.7 Å². The molecule has 2 aliphatic heterocycles. The van der Waals surface area contributed by atoms with E-state index in [9.17, 15) is 9.59 Å². The van der Waals surface area contributed by atoms with Crippen LogP contribution in [0.1, 0.15) is 24.1 Å². The number of esters is 1. The molecule has 0 spiro atoms. The highest BCUT2D eigenvalue weighted by molar-refractivity contribution is 9.10. The van der Waals surface area contributed by atoms with Crippen molar-refractivity contribution in [2.24, 2.45) is 4.99 Å². The van der Waals surface area contributed by atoms with E-state index >= 15 is 0 Å². The molecule has 0 N–H and O–H groups in total. The predicted molar refractivity (Wildman–Crippen MR) is 124 cm³/mol. The van der Waals surface area contributed by atoms with Gasteiger partial charge in [0.1, 0.15) is 5.75 Å². The molecule has 8 heteroatoms. The Bertz CT molecular complexity index is 1080. The van der Waals surface area contributed by atoms with Crippen molar-refractivity contribution in [2.45, 2.75) is 24.6 Å². The number of carbonyl (C=O) groups is 2. The molecular formula is C23H21BrN2O4S. The number of amides is 1. The van der Waals surface area contributed by atoms with Crippen LogP contribution >= 0.6 is 27.7 Å². The summed E-state index contributed by atoms with van der Waals surface area (Å²) in [7, 11) is 2.93. The summed E-state index contributed by atoms with van der Waals surface area (Å²) in [5, 5.41) is 0.295. The molecule has 2 heterocycles. The Balaban J connectivity index is 1.72. The third-order valence-corrected chi connectivity index (χ3v) is 7.00. The molecule has 2 aromatic rings. The van der Waals surface area contributed by atoms with Gasteiger partial charge in [-0.25, -0.2) is 9.79 Å². The number of benzene rings is 2. The fourth-order valence-corrected chi connectivity index (χ4v) is 5.27. The maximum Gasteiger partial charge on any atom is 0.338 e. The summed E-state index contributed by atoms with van der Waals surface area (Å²) >= 11 is 4.88. The zero-order valence-corrected chi connectivity index (χ0v) is 19.7. The largest absolute Gasteiger partial charge is 0.497 e. The third-order valence-electron chi connectivity index (χ3n) is 5.32. The van der Waals surface area contributed by atoms with Gasteiger partial charge in [0.25, 0.3) is 0 Å². The van der Waals surface area contributed by atoms with Crippen LogP contribution in [0.25, 0.3) is 0 Å². The van der Waals surface area contributed by atoms with Gasteiger partial charge < -0.3 is 9.47 Å². The van der Waals surface area contributed by atoms with E-state index in [0.717, 1.165) is 15.6 Å². The van der Waals surface area contributed by atoms with Crippen molar-refractivity contribution in [1.82, 2.24) is 4.90 Å². The van der Waals surface area contributed by atoms with Crippen molar-refractivity contribution >= 4 is 44.7 Å². The number of amidine groups is 1. The topological polar surface area (TPSA) is 68.2 Å². The van der Waals surface area contributed by atoms with Crippen molar-refractivity contribution in [1.29, 1.82) is 0 Å². The van der Waals surface area contributed by atoms with Crippen LogP contribution in [-0.4, -0.2) is 41.4 Å². The maximum absolute atomic E-state index is 13.5. The highest BCUT2D eigenvalue weighted by atomic mass is 79.9. The van der Waals surface area contributed by atoms with Crippen LogP contribution in [0.4, 0.5) is 0 Å². The molecule has 0 radical (unpaired) electrons. The Hall–Kier alpha value is -2.58. The van der Waals surface area contributed by atoms with Gasteiger partial charge in [0.2, 0.25) is 5.91 Å². The molecule has 0 aromatic heterocycles. The normalized spacial score (nSPS) is 20.5. The number of rotatable bonds is 5. The number of thioether (sulfide) groups is 1. The highest BCUT2D eigenvalue weighted by Crippen LogP contribution is 2.44. The number of methoxy groups -OCH3 is 2. The van der Waals surface area contributed by atoms with E-state index in [0.29, 0.717) is 28.6 Å². The average molecular weight is 501 g/mol. The van der Waals surface area contributed by atoms with Crippen molar-refractivity contribution in [3.8, 4) is 5.75 Å².